The number of hydrogen-bond donors (Lipinski definition) is 3. The number of thiocarbonyl (C=S) groups is 1. The molecule has 0 bridgehead atoms. The molecule has 0 aliphatic carbocycles. The number of fused-ring (bicyclic) bond motifs is 1. The van der Waals surface area contributed by atoms with Crippen molar-refractivity contribution in [2.24, 2.45) is 11.7 Å². The zero-order chi connectivity index (χ0) is 32.9. The molecule has 2 aliphatic heterocycles. The molecule has 3 heterocycles. The third-order valence-corrected chi connectivity index (χ3v) is 9.94. The number of carbonyl (C=O) groups excluding carboxylic acids is 2. The van der Waals surface area contributed by atoms with Crippen LogP contribution in [0.4, 0.5) is 4.39 Å². The van der Waals surface area contributed by atoms with Crippen LogP contribution in [0.25, 0.3) is 22.0 Å². The predicted molar refractivity (Wildman–Crippen MR) is 187 cm³/mol. The first kappa shape index (κ1) is 33.1. The molecular weight excluding hydrogens is 637 g/mol. The second-order valence-electron chi connectivity index (χ2n) is 12.3. The number of benzene rings is 3. The quantitative estimate of drug-likeness (QED) is 0.183. The smallest absolute Gasteiger partial charge is 0.251 e. The number of piperidine rings is 1. The predicted octanol–water partition coefficient (Wildman–Crippen LogP) is 5.84. The minimum Gasteiger partial charge on any atom is -0.389 e. The lowest BCUT2D eigenvalue weighted by Crippen LogP contribution is -2.43. The number of rotatable bonds is 10. The molecule has 2 aliphatic rings. The lowest BCUT2D eigenvalue weighted by atomic mass is 9.95. The van der Waals surface area contributed by atoms with Crippen molar-refractivity contribution in [1.82, 2.24) is 20.1 Å². The van der Waals surface area contributed by atoms with Gasteiger partial charge in [-0.25, -0.2) is 4.39 Å². The fourth-order valence-electron chi connectivity index (χ4n) is 6.58. The molecule has 4 aromatic rings. The summed E-state index contributed by atoms with van der Waals surface area (Å²) in [7, 11) is 0. The molecule has 0 spiro atoms. The number of nitrogens with two attached hydrogens (primary N) is 1. The number of halogens is 2. The lowest BCUT2D eigenvalue weighted by Gasteiger charge is -2.31. The maximum atomic E-state index is 13.2. The van der Waals surface area contributed by atoms with Gasteiger partial charge in [-0.2, -0.15) is 0 Å². The van der Waals surface area contributed by atoms with Gasteiger partial charge in [0.25, 0.3) is 5.91 Å². The summed E-state index contributed by atoms with van der Waals surface area (Å²) in [5.41, 5.74) is 11.1. The highest BCUT2D eigenvalue weighted by atomic mass is 35.5. The second-order valence-corrected chi connectivity index (χ2v) is 13.1. The van der Waals surface area contributed by atoms with Crippen LogP contribution in [-0.4, -0.2) is 65.7 Å². The van der Waals surface area contributed by atoms with Crippen molar-refractivity contribution < 1.29 is 18.7 Å². The van der Waals surface area contributed by atoms with Gasteiger partial charge in [-0.15, -0.1) is 0 Å². The maximum absolute atomic E-state index is 13.2. The summed E-state index contributed by atoms with van der Waals surface area (Å²) < 4.78 is 21.1. The Bertz CT molecular complexity index is 1760. The van der Waals surface area contributed by atoms with Crippen LogP contribution in [-0.2, 0) is 16.1 Å². The Hall–Kier alpha value is -3.83. The molecule has 2 fully saturated rings. The lowest BCUT2D eigenvalue weighted by molar-refractivity contribution is -0.126. The molecule has 0 saturated carbocycles. The number of amides is 2. The van der Waals surface area contributed by atoms with Crippen molar-refractivity contribution in [3.63, 3.8) is 0 Å². The van der Waals surface area contributed by atoms with Gasteiger partial charge in [-0.05, 0) is 80.2 Å². The molecule has 11 heteroatoms. The molecule has 2 amide bonds. The number of aromatic nitrogens is 1. The highest BCUT2D eigenvalue weighted by Crippen LogP contribution is 2.40. The molecule has 3 aromatic carbocycles. The van der Waals surface area contributed by atoms with Crippen LogP contribution in [0.5, 0.6) is 0 Å². The van der Waals surface area contributed by atoms with E-state index in [0.717, 1.165) is 71.9 Å². The molecule has 47 heavy (non-hydrogen) atoms. The summed E-state index contributed by atoms with van der Waals surface area (Å²) in [4.78, 5) is 28.1. The summed E-state index contributed by atoms with van der Waals surface area (Å²) in [6.07, 6.45) is 5.45. The van der Waals surface area contributed by atoms with E-state index in [0.29, 0.717) is 48.4 Å². The van der Waals surface area contributed by atoms with E-state index in [1.165, 1.54) is 24.3 Å². The third kappa shape index (κ3) is 7.67. The summed E-state index contributed by atoms with van der Waals surface area (Å²) in [6, 6.07) is 17.8. The number of carbonyl (C=O) groups is 2. The number of ether oxygens (including phenoxy) is 1. The summed E-state index contributed by atoms with van der Waals surface area (Å²) in [6.45, 7) is 4.46. The van der Waals surface area contributed by atoms with Crippen LogP contribution < -0.4 is 16.4 Å². The standard InChI is InChI=1S/C36H39ClFN5O3S/c37-32-27(21-41-36(45)24-10-15-42(16-11-24)17-14-40-35(44)23-4-7-28(38)8-5-23)6-9-30-31(25-2-1-3-26(20-25)34(39)47)22-43(33(30)32)29-12-18-46-19-13-29/h1-9,20,22,24,29H,10-19,21H2,(H2,39,47)(H,40,44)(H,41,45). The van der Waals surface area contributed by atoms with Crippen molar-refractivity contribution in [2.75, 3.05) is 39.4 Å². The van der Waals surface area contributed by atoms with Gasteiger partial charge in [0.1, 0.15) is 10.8 Å². The Morgan fingerprint density at radius 2 is 1.72 bits per heavy atom. The van der Waals surface area contributed by atoms with Crippen LogP contribution in [0.15, 0.2) is 66.9 Å². The third-order valence-electron chi connectivity index (χ3n) is 9.29. The van der Waals surface area contributed by atoms with Gasteiger partial charge in [0.15, 0.2) is 0 Å². The van der Waals surface area contributed by atoms with Gasteiger partial charge in [0.2, 0.25) is 5.91 Å². The molecule has 0 unspecified atom stereocenters. The monoisotopic (exact) mass is 675 g/mol. The second kappa shape index (κ2) is 14.9. The van der Waals surface area contributed by atoms with Gasteiger partial charge in [-0.3, -0.25) is 9.59 Å². The normalized spacial score (nSPS) is 16.3. The number of hydrogen-bond acceptors (Lipinski definition) is 5. The first-order valence-electron chi connectivity index (χ1n) is 16.1. The van der Waals surface area contributed by atoms with Crippen LogP contribution in [0.3, 0.4) is 0 Å². The van der Waals surface area contributed by atoms with E-state index < -0.39 is 0 Å². The molecular formula is C36H39ClFN5O3S. The fourth-order valence-corrected chi connectivity index (χ4v) is 7.04. The van der Waals surface area contributed by atoms with Gasteiger partial charge < -0.3 is 30.6 Å². The van der Waals surface area contributed by atoms with Crippen molar-refractivity contribution in [3.05, 3.63) is 94.4 Å². The average molecular weight is 676 g/mol. The molecule has 246 valence electrons. The van der Waals surface area contributed by atoms with Gasteiger partial charge in [0.05, 0.1) is 10.5 Å². The Kier molecular flexibility index (Phi) is 10.5. The van der Waals surface area contributed by atoms with Crippen molar-refractivity contribution in [3.8, 4) is 11.1 Å². The minimum absolute atomic E-state index is 0.0282. The van der Waals surface area contributed by atoms with Crippen LogP contribution in [0, 0.1) is 11.7 Å². The average Bonchev–Trinajstić information content (AvgIpc) is 3.49. The first-order valence-corrected chi connectivity index (χ1v) is 16.9. The molecule has 6 rings (SSSR count). The van der Waals surface area contributed by atoms with E-state index in [1.54, 1.807) is 0 Å². The molecule has 8 nitrogen and oxygen atoms in total. The Balaban J connectivity index is 1.09. The number of nitrogens with one attached hydrogen (secondary N) is 2. The van der Waals surface area contributed by atoms with Crippen molar-refractivity contribution in [2.45, 2.75) is 38.3 Å². The van der Waals surface area contributed by atoms with Crippen LogP contribution in [0.2, 0.25) is 5.02 Å². The Labute approximate surface area is 284 Å². The Morgan fingerprint density at radius 3 is 2.45 bits per heavy atom. The minimum atomic E-state index is -0.371. The van der Waals surface area contributed by atoms with E-state index in [-0.39, 0.29) is 29.6 Å². The number of nitrogens with zero attached hydrogens (tertiary/aromatic N) is 2. The van der Waals surface area contributed by atoms with Gasteiger partial charge in [0, 0.05) is 73.1 Å². The number of likely N-dealkylation sites (tertiary alicyclic amines) is 1. The molecule has 4 N–H and O–H groups in total. The molecule has 1 aromatic heterocycles. The van der Waals surface area contributed by atoms with Gasteiger partial charge >= 0.3 is 0 Å². The Morgan fingerprint density at radius 1 is 0.979 bits per heavy atom. The SMILES string of the molecule is NC(=S)c1cccc(-c2cn(C3CCOCC3)c3c(Cl)c(CNC(=O)C4CCN(CCNC(=O)c5ccc(F)cc5)CC4)ccc23)c1. The molecule has 0 radical (unpaired) electrons. The first-order chi connectivity index (χ1) is 22.8. The summed E-state index contributed by atoms with van der Waals surface area (Å²) in [5.74, 6) is -0.650. The summed E-state index contributed by atoms with van der Waals surface area (Å²) >= 11 is 12.4. The zero-order valence-electron chi connectivity index (χ0n) is 26.1. The fraction of sp³-hybridized carbons (Fsp3) is 0.361. The maximum Gasteiger partial charge on any atom is 0.251 e. The van der Waals surface area contributed by atoms with E-state index in [1.807, 2.05) is 24.3 Å². The highest BCUT2D eigenvalue weighted by molar-refractivity contribution is 7.80. The summed E-state index contributed by atoms with van der Waals surface area (Å²) in [5, 5.41) is 7.71. The molecule has 2 saturated heterocycles. The molecule has 0 atom stereocenters. The van der Waals surface area contributed by atoms with E-state index in [2.05, 4.69) is 38.4 Å². The highest BCUT2D eigenvalue weighted by Gasteiger charge is 2.26. The van der Waals surface area contributed by atoms with Gasteiger partial charge in [-0.1, -0.05) is 54.2 Å². The zero-order valence-corrected chi connectivity index (χ0v) is 27.7. The largest absolute Gasteiger partial charge is 0.389 e. The van der Waals surface area contributed by atoms with Crippen molar-refractivity contribution >= 4 is 51.5 Å². The van der Waals surface area contributed by atoms with Crippen LogP contribution in [0.1, 0.15) is 53.2 Å². The van der Waals surface area contributed by atoms with E-state index in [4.69, 9.17) is 34.3 Å². The topological polar surface area (TPSA) is 102 Å². The van der Waals surface area contributed by atoms with E-state index in [9.17, 15) is 14.0 Å². The van der Waals surface area contributed by atoms with Crippen molar-refractivity contribution in [1.29, 1.82) is 0 Å². The van der Waals surface area contributed by atoms with Crippen LogP contribution >= 0.6 is 23.8 Å². The van der Waals surface area contributed by atoms with E-state index >= 15 is 0 Å².